The molecule has 0 spiro atoms. The molecule has 0 saturated carbocycles. The van der Waals surface area contributed by atoms with Crippen molar-refractivity contribution in [3.05, 3.63) is 35.9 Å². The van der Waals surface area contributed by atoms with E-state index in [2.05, 4.69) is 49.5 Å². The first-order valence-corrected chi connectivity index (χ1v) is 7.09. The quantitative estimate of drug-likeness (QED) is 0.678. The van der Waals surface area contributed by atoms with Crippen LogP contribution in [0.15, 0.2) is 30.3 Å². The van der Waals surface area contributed by atoms with E-state index in [9.17, 15) is 0 Å². The fourth-order valence-corrected chi connectivity index (χ4v) is 1.96. The van der Waals surface area contributed by atoms with Crippen LogP contribution in [0.25, 0.3) is 0 Å². The Morgan fingerprint density at radius 1 is 1.17 bits per heavy atom. The summed E-state index contributed by atoms with van der Waals surface area (Å²) in [6, 6.07) is 11.1. The molecule has 18 heavy (non-hydrogen) atoms. The van der Waals surface area contributed by atoms with Gasteiger partial charge in [0.15, 0.2) is 0 Å². The van der Waals surface area contributed by atoms with Gasteiger partial charge in [-0.2, -0.15) is 0 Å². The van der Waals surface area contributed by atoms with Crippen LogP contribution in [0, 0.1) is 5.92 Å². The first-order valence-electron chi connectivity index (χ1n) is 7.09. The Kier molecular flexibility index (Phi) is 7.70. The van der Waals surface area contributed by atoms with Gasteiger partial charge >= 0.3 is 0 Å². The van der Waals surface area contributed by atoms with Crippen molar-refractivity contribution in [2.45, 2.75) is 39.7 Å². The SMILES string of the molecule is CCOCC(NCCCc1ccccc1)C(C)C. The van der Waals surface area contributed by atoms with Gasteiger partial charge in [0.05, 0.1) is 6.61 Å². The average molecular weight is 249 g/mol. The highest BCUT2D eigenvalue weighted by Gasteiger charge is 2.11. The summed E-state index contributed by atoms with van der Waals surface area (Å²) < 4.78 is 5.51. The molecule has 0 aromatic heterocycles. The van der Waals surface area contributed by atoms with Gasteiger partial charge in [-0.25, -0.2) is 0 Å². The molecule has 0 saturated heterocycles. The van der Waals surface area contributed by atoms with Crippen LogP contribution in [0.4, 0.5) is 0 Å². The van der Waals surface area contributed by atoms with Crippen molar-refractivity contribution in [2.24, 2.45) is 5.92 Å². The molecule has 0 fully saturated rings. The summed E-state index contributed by atoms with van der Waals surface area (Å²) in [5, 5.41) is 3.60. The van der Waals surface area contributed by atoms with Crippen LogP contribution in [0.5, 0.6) is 0 Å². The molecule has 0 heterocycles. The van der Waals surface area contributed by atoms with Crippen LogP contribution in [-0.2, 0) is 11.2 Å². The zero-order chi connectivity index (χ0) is 13.2. The number of ether oxygens (including phenoxy) is 1. The second-order valence-corrected chi connectivity index (χ2v) is 5.05. The fourth-order valence-electron chi connectivity index (χ4n) is 1.96. The Morgan fingerprint density at radius 2 is 1.89 bits per heavy atom. The van der Waals surface area contributed by atoms with Crippen molar-refractivity contribution in [1.29, 1.82) is 0 Å². The van der Waals surface area contributed by atoms with Crippen molar-refractivity contribution in [1.82, 2.24) is 5.32 Å². The molecule has 1 atom stereocenters. The van der Waals surface area contributed by atoms with E-state index in [1.54, 1.807) is 0 Å². The predicted octanol–water partition coefficient (Wildman–Crippen LogP) is 3.27. The first kappa shape index (κ1) is 15.2. The van der Waals surface area contributed by atoms with Gasteiger partial charge < -0.3 is 10.1 Å². The van der Waals surface area contributed by atoms with Gasteiger partial charge in [0.1, 0.15) is 0 Å². The lowest BCUT2D eigenvalue weighted by Crippen LogP contribution is -2.38. The molecule has 0 aliphatic rings. The van der Waals surface area contributed by atoms with E-state index >= 15 is 0 Å². The second-order valence-electron chi connectivity index (χ2n) is 5.05. The number of rotatable bonds is 9. The third-order valence-electron chi connectivity index (χ3n) is 3.20. The third kappa shape index (κ3) is 6.18. The van der Waals surface area contributed by atoms with Gasteiger partial charge in [-0.05, 0) is 37.8 Å². The summed E-state index contributed by atoms with van der Waals surface area (Å²) in [5.74, 6) is 0.619. The van der Waals surface area contributed by atoms with E-state index in [4.69, 9.17) is 4.74 Å². The molecule has 1 N–H and O–H groups in total. The molecule has 0 amide bonds. The molecule has 1 unspecified atom stereocenters. The molecule has 0 bridgehead atoms. The minimum atomic E-state index is 0.473. The van der Waals surface area contributed by atoms with E-state index in [0.717, 1.165) is 26.2 Å². The van der Waals surface area contributed by atoms with E-state index in [-0.39, 0.29) is 0 Å². The highest BCUT2D eigenvalue weighted by molar-refractivity contribution is 5.14. The summed E-state index contributed by atoms with van der Waals surface area (Å²) in [5.41, 5.74) is 1.42. The third-order valence-corrected chi connectivity index (χ3v) is 3.20. The minimum Gasteiger partial charge on any atom is -0.380 e. The monoisotopic (exact) mass is 249 g/mol. The number of benzene rings is 1. The molecule has 0 radical (unpaired) electrons. The topological polar surface area (TPSA) is 21.3 Å². The maximum Gasteiger partial charge on any atom is 0.0621 e. The largest absolute Gasteiger partial charge is 0.380 e. The van der Waals surface area contributed by atoms with Gasteiger partial charge in [0.2, 0.25) is 0 Å². The van der Waals surface area contributed by atoms with Crippen LogP contribution >= 0.6 is 0 Å². The summed E-state index contributed by atoms with van der Waals surface area (Å²) in [7, 11) is 0. The van der Waals surface area contributed by atoms with E-state index in [0.29, 0.717) is 12.0 Å². The van der Waals surface area contributed by atoms with E-state index in [1.807, 2.05) is 6.92 Å². The number of hydrogen-bond donors (Lipinski definition) is 1. The lowest BCUT2D eigenvalue weighted by molar-refractivity contribution is 0.108. The van der Waals surface area contributed by atoms with Crippen molar-refractivity contribution in [3.63, 3.8) is 0 Å². The maximum atomic E-state index is 5.51. The van der Waals surface area contributed by atoms with E-state index < -0.39 is 0 Å². The molecule has 0 aliphatic heterocycles. The van der Waals surface area contributed by atoms with Gasteiger partial charge in [-0.3, -0.25) is 0 Å². The number of hydrogen-bond acceptors (Lipinski definition) is 2. The van der Waals surface area contributed by atoms with Gasteiger partial charge in [0, 0.05) is 12.6 Å². The van der Waals surface area contributed by atoms with Crippen molar-refractivity contribution in [3.8, 4) is 0 Å². The Labute approximate surface area is 112 Å². The minimum absolute atomic E-state index is 0.473. The van der Waals surface area contributed by atoms with Crippen LogP contribution in [0.2, 0.25) is 0 Å². The Hall–Kier alpha value is -0.860. The molecule has 1 aromatic rings. The Balaban J connectivity index is 2.18. The first-order chi connectivity index (χ1) is 8.74. The molecular weight excluding hydrogens is 222 g/mol. The predicted molar refractivity (Wildman–Crippen MR) is 77.9 cm³/mol. The number of aryl methyl sites for hydroxylation is 1. The molecule has 1 aromatic carbocycles. The Bertz CT molecular complexity index is 297. The van der Waals surface area contributed by atoms with Crippen LogP contribution in [0.1, 0.15) is 32.8 Å². The zero-order valence-corrected chi connectivity index (χ0v) is 12.0. The van der Waals surface area contributed by atoms with E-state index in [1.165, 1.54) is 12.0 Å². The highest BCUT2D eigenvalue weighted by Crippen LogP contribution is 2.04. The summed E-state index contributed by atoms with van der Waals surface area (Å²) >= 11 is 0. The Morgan fingerprint density at radius 3 is 2.50 bits per heavy atom. The van der Waals surface area contributed by atoms with Crippen molar-refractivity contribution >= 4 is 0 Å². The molecular formula is C16H27NO. The summed E-state index contributed by atoms with van der Waals surface area (Å²) in [6.45, 7) is 9.22. The maximum absolute atomic E-state index is 5.51. The number of nitrogens with one attached hydrogen (secondary N) is 1. The highest BCUT2D eigenvalue weighted by atomic mass is 16.5. The standard InChI is InChI=1S/C16H27NO/c1-4-18-13-16(14(2)3)17-12-8-11-15-9-6-5-7-10-15/h5-7,9-10,14,16-17H,4,8,11-13H2,1-3H3. The smallest absolute Gasteiger partial charge is 0.0621 e. The average Bonchev–Trinajstić information content (AvgIpc) is 2.38. The van der Waals surface area contributed by atoms with Gasteiger partial charge in [-0.1, -0.05) is 44.2 Å². The molecule has 1 rings (SSSR count). The van der Waals surface area contributed by atoms with Crippen LogP contribution < -0.4 is 5.32 Å². The van der Waals surface area contributed by atoms with Gasteiger partial charge in [0.25, 0.3) is 0 Å². The zero-order valence-electron chi connectivity index (χ0n) is 12.0. The van der Waals surface area contributed by atoms with Crippen molar-refractivity contribution < 1.29 is 4.74 Å². The lowest BCUT2D eigenvalue weighted by Gasteiger charge is -2.22. The van der Waals surface area contributed by atoms with Gasteiger partial charge in [-0.15, -0.1) is 0 Å². The summed E-state index contributed by atoms with van der Waals surface area (Å²) in [6.07, 6.45) is 2.33. The molecule has 2 heteroatoms. The second kappa shape index (κ2) is 9.12. The summed E-state index contributed by atoms with van der Waals surface area (Å²) in [4.78, 5) is 0. The molecule has 102 valence electrons. The normalized spacial score (nSPS) is 12.9. The fraction of sp³-hybridized carbons (Fsp3) is 0.625. The van der Waals surface area contributed by atoms with Crippen LogP contribution in [-0.4, -0.2) is 25.8 Å². The lowest BCUT2D eigenvalue weighted by atomic mass is 10.0. The van der Waals surface area contributed by atoms with Crippen molar-refractivity contribution in [2.75, 3.05) is 19.8 Å². The molecule has 2 nitrogen and oxygen atoms in total. The molecule has 0 aliphatic carbocycles. The van der Waals surface area contributed by atoms with Crippen LogP contribution in [0.3, 0.4) is 0 Å².